The third-order valence-electron chi connectivity index (χ3n) is 14.6. The van der Waals surface area contributed by atoms with Gasteiger partial charge in [-0.05, 0) is 131 Å². The van der Waals surface area contributed by atoms with Crippen LogP contribution in [0.1, 0.15) is 44.5 Å². The second kappa shape index (κ2) is 15.6. The predicted octanol–water partition coefficient (Wildman–Crippen LogP) is 16.7. The van der Waals surface area contributed by atoms with Crippen molar-refractivity contribution in [2.45, 2.75) is 10.8 Å². The largest absolute Gasteiger partial charge is 0.310 e. The van der Waals surface area contributed by atoms with E-state index in [2.05, 4.69) is 278 Å². The summed E-state index contributed by atoms with van der Waals surface area (Å²) in [6, 6.07) is 101. The second-order valence-electron chi connectivity index (χ2n) is 18.0. The molecule has 2 aliphatic carbocycles. The van der Waals surface area contributed by atoms with Gasteiger partial charge in [-0.25, -0.2) is 0 Å². The normalized spacial score (nSPS) is 13.6. The third-order valence-corrected chi connectivity index (χ3v) is 14.6. The van der Waals surface area contributed by atoms with Gasteiger partial charge >= 0.3 is 0 Å². The molecule has 1 nitrogen and oxygen atoms in total. The minimum Gasteiger partial charge on any atom is -0.310 e. The maximum atomic E-state index is 2.50. The maximum absolute atomic E-state index is 2.50. The lowest BCUT2D eigenvalue weighted by atomic mass is 9.51. The lowest BCUT2D eigenvalue weighted by Gasteiger charge is -2.50. The fourth-order valence-corrected chi connectivity index (χ4v) is 11.8. The Morgan fingerprint density at radius 1 is 0.224 bits per heavy atom. The van der Waals surface area contributed by atoms with E-state index in [0.717, 1.165) is 17.1 Å². The first-order valence-electron chi connectivity index (χ1n) is 23.3. The molecule has 0 aromatic heterocycles. The van der Waals surface area contributed by atoms with Crippen molar-refractivity contribution in [3.05, 3.63) is 317 Å². The summed E-state index contributed by atoms with van der Waals surface area (Å²) in [5.41, 5.74) is 19.8. The van der Waals surface area contributed by atoms with E-state index in [4.69, 9.17) is 0 Å². The highest BCUT2D eigenvalue weighted by Crippen LogP contribution is 2.65. The van der Waals surface area contributed by atoms with E-state index in [1.54, 1.807) is 0 Å². The van der Waals surface area contributed by atoms with Crippen molar-refractivity contribution in [1.82, 2.24) is 0 Å². The van der Waals surface area contributed by atoms with Crippen LogP contribution in [0.5, 0.6) is 0 Å². The van der Waals surface area contributed by atoms with Gasteiger partial charge in [0.25, 0.3) is 0 Å². The van der Waals surface area contributed by atoms with E-state index >= 15 is 0 Å². The van der Waals surface area contributed by atoms with Crippen molar-refractivity contribution in [3.8, 4) is 33.4 Å². The molecule has 0 saturated heterocycles. The standard InChI is InChI=1S/C66H45N/c1-4-18-46(19-5-1)48-34-38-54(39-35-48)67(55-40-36-49(37-41-55)51-33-32-47-20-10-11-21-50(47)44-51)56-42-43-58-57-26-12-13-27-59(57)66(64(58)45-56)62-30-16-14-28-60(62)65(52-22-6-2-7-23-52,53-24-8-3-9-25-53)61-29-15-17-31-63(61)66/h1-45H. The molecule has 0 aliphatic heterocycles. The highest BCUT2D eigenvalue weighted by Gasteiger charge is 2.56. The molecule has 0 bridgehead atoms. The van der Waals surface area contributed by atoms with Crippen LogP contribution in [0.25, 0.3) is 44.2 Å². The first kappa shape index (κ1) is 38.9. The zero-order valence-electron chi connectivity index (χ0n) is 36.9. The van der Waals surface area contributed by atoms with Gasteiger partial charge in [-0.3, -0.25) is 0 Å². The molecule has 0 N–H and O–H groups in total. The molecule has 2 aliphatic rings. The highest BCUT2D eigenvalue weighted by atomic mass is 15.1. The third kappa shape index (κ3) is 5.88. The molecule has 1 heteroatoms. The van der Waals surface area contributed by atoms with Crippen LogP contribution >= 0.6 is 0 Å². The molecule has 13 rings (SSSR count). The van der Waals surface area contributed by atoms with Gasteiger partial charge in [0.05, 0.1) is 10.8 Å². The number of benzene rings is 11. The van der Waals surface area contributed by atoms with E-state index in [1.165, 1.54) is 88.7 Å². The van der Waals surface area contributed by atoms with Crippen molar-refractivity contribution in [2.24, 2.45) is 0 Å². The van der Waals surface area contributed by atoms with Crippen molar-refractivity contribution >= 4 is 27.8 Å². The zero-order valence-corrected chi connectivity index (χ0v) is 36.9. The Kier molecular flexibility index (Phi) is 9.05. The van der Waals surface area contributed by atoms with Crippen LogP contribution in [-0.4, -0.2) is 0 Å². The molecule has 314 valence electrons. The fraction of sp³-hybridized carbons (Fsp3) is 0.0303. The SMILES string of the molecule is c1ccc(-c2ccc(N(c3ccc(-c4ccc5ccccc5c4)cc3)c3ccc4c(c3)C3(c5ccccc5-4)c4ccccc4C(c4ccccc4)(c4ccccc4)c4ccccc43)cc2)cc1. The lowest BCUT2D eigenvalue weighted by molar-refractivity contribution is 0.623. The van der Waals surface area contributed by atoms with Gasteiger partial charge in [0.2, 0.25) is 0 Å². The Morgan fingerprint density at radius 2 is 0.627 bits per heavy atom. The van der Waals surface area contributed by atoms with Crippen LogP contribution in [0.4, 0.5) is 17.1 Å². The number of nitrogens with zero attached hydrogens (tertiary/aromatic N) is 1. The van der Waals surface area contributed by atoms with Gasteiger partial charge in [0.15, 0.2) is 0 Å². The first-order valence-corrected chi connectivity index (χ1v) is 23.3. The number of rotatable bonds is 7. The summed E-state index contributed by atoms with van der Waals surface area (Å²) >= 11 is 0. The summed E-state index contributed by atoms with van der Waals surface area (Å²) in [6.07, 6.45) is 0. The van der Waals surface area contributed by atoms with Crippen molar-refractivity contribution in [3.63, 3.8) is 0 Å². The highest BCUT2D eigenvalue weighted by molar-refractivity contribution is 5.93. The van der Waals surface area contributed by atoms with E-state index in [-0.39, 0.29) is 0 Å². The summed E-state index contributed by atoms with van der Waals surface area (Å²) in [4.78, 5) is 2.44. The summed E-state index contributed by atoms with van der Waals surface area (Å²) in [5.74, 6) is 0. The minimum atomic E-state index is -0.606. The lowest BCUT2D eigenvalue weighted by Crippen LogP contribution is -2.44. The summed E-state index contributed by atoms with van der Waals surface area (Å²) in [6.45, 7) is 0. The molecule has 0 saturated carbocycles. The van der Waals surface area contributed by atoms with Crippen LogP contribution in [0, 0.1) is 0 Å². The number of anilines is 3. The number of fused-ring (bicyclic) bond motifs is 10. The molecular formula is C66H45N. The monoisotopic (exact) mass is 851 g/mol. The molecule has 0 radical (unpaired) electrons. The fourth-order valence-electron chi connectivity index (χ4n) is 11.8. The predicted molar refractivity (Wildman–Crippen MR) is 279 cm³/mol. The van der Waals surface area contributed by atoms with E-state index < -0.39 is 10.8 Å². The molecule has 0 heterocycles. The summed E-state index contributed by atoms with van der Waals surface area (Å²) in [5, 5.41) is 2.49. The Bertz CT molecular complexity index is 3520. The van der Waals surface area contributed by atoms with Crippen LogP contribution < -0.4 is 4.90 Å². The number of hydrogen-bond acceptors (Lipinski definition) is 1. The average molecular weight is 852 g/mol. The van der Waals surface area contributed by atoms with Gasteiger partial charge in [0, 0.05) is 17.1 Å². The zero-order chi connectivity index (χ0) is 44.4. The van der Waals surface area contributed by atoms with Gasteiger partial charge in [-0.2, -0.15) is 0 Å². The molecule has 0 amide bonds. The van der Waals surface area contributed by atoms with Gasteiger partial charge in [0.1, 0.15) is 0 Å². The van der Waals surface area contributed by atoms with Gasteiger partial charge in [-0.1, -0.05) is 231 Å². The molecule has 67 heavy (non-hydrogen) atoms. The van der Waals surface area contributed by atoms with Crippen molar-refractivity contribution < 1.29 is 0 Å². The molecule has 0 fully saturated rings. The minimum absolute atomic E-state index is 0.560. The van der Waals surface area contributed by atoms with Crippen LogP contribution in [0.15, 0.2) is 273 Å². The van der Waals surface area contributed by atoms with Crippen LogP contribution in [-0.2, 0) is 10.8 Å². The topological polar surface area (TPSA) is 3.24 Å². The van der Waals surface area contributed by atoms with Crippen molar-refractivity contribution in [2.75, 3.05) is 4.90 Å². The van der Waals surface area contributed by atoms with E-state index in [1.807, 2.05) is 0 Å². The Balaban J connectivity index is 1.05. The molecule has 0 atom stereocenters. The smallest absolute Gasteiger partial charge is 0.0720 e. The molecule has 1 spiro atoms. The van der Waals surface area contributed by atoms with Gasteiger partial charge in [-0.15, -0.1) is 0 Å². The second-order valence-corrected chi connectivity index (χ2v) is 18.0. The Labute approximate surface area is 392 Å². The maximum Gasteiger partial charge on any atom is 0.0720 e. The molecule has 11 aromatic carbocycles. The molecule has 11 aromatic rings. The molecular weight excluding hydrogens is 807 g/mol. The van der Waals surface area contributed by atoms with Gasteiger partial charge < -0.3 is 4.90 Å². The number of hydrogen-bond donors (Lipinski definition) is 0. The average Bonchev–Trinajstić information content (AvgIpc) is 3.70. The quantitative estimate of drug-likeness (QED) is 0.154. The van der Waals surface area contributed by atoms with E-state index in [9.17, 15) is 0 Å². The van der Waals surface area contributed by atoms with Crippen LogP contribution in [0.3, 0.4) is 0 Å². The van der Waals surface area contributed by atoms with E-state index in [0.29, 0.717) is 0 Å². The Hall–Kier alpha value is -8.52. The Morgan fingerprint density at radius 3 is 1.21 bits per heavy atom. The molecule has 0 unspecified atom stereocenters. The first-order chi connectivity index (χ1) is 33.2. The summed E-state index contributed by atoms with van der Waals surface area (Å²) in [7, 11) is 0. The van der Waals surface area contributed by atoms with Crippen molar-refractivity contribution in [1.29, 1.82) is 0 Å². The summed E-state index contributed by atoms with van der Waals surface area (Å²) < 4.78 is 0. The van der Waals surface area contributed by atoms with Crippen LogP contribution in [0.2, 0.25) is 0 Å².